The van der Waals surface area contributed by atoms with Crippen LogP contribution in [0.5, 0.6) is 0 Å². The van der Waals surface area contributed by atoms with Gasteiger partial charge in [0.15, 0.2) is 0 Å². The second kappa shape index (κ2) is 24.3. The summed E-state index contributed by atoms with van der Waals surface area (Å²) in [7, 11) is 2.12. The Morgan fingerprint density at radius 2 is 1.31 bits per heavy atom. The lowest BCUT2D eigenvalue weighted by Crippen LogP contribution is -2.58. The van der Waals surface area contributed by atoms with Crippen molar-refractivity contribution >= 4 is 35.4 Å². The van der Waals surface area contributed by atoms with Gasteiger partial charge in [-0.2, -0.15) is 11.8 Å². The molecule has 13 nitrogen and oxygen atoms in total. The lowest BCUT2D eigenvalue weighted by molar-refractivity contribution is -0.123. The van der Waals surface area contributed by atoms with Crippen molar-refractivity contribution < 1.29 is 33.4 Å². The Balaban J connectivity index is 1.26. The average molecular weight is 715 g/mol. The average Bonchev–Trinajstić information content (AvgIpc) is 3.50. The standard InChI is InChI=1S/C35H66N6O7S/c1-34(2,3)41(4)19-8-7-16-37-31(43)14-9-15-32(44)39-18-11-21-47-23-25-48-24-22-46-20-10-17-38-30(42)13-6-5-12-29-35(36)28(27-49-29)26-33(45)40-35/h28-29H,5-27,36H2,1-4H3,(H,37,43)(H,38,42)(H,39,44)(H,40,45)/t28-,29-,35-/m0/s1. The number of carbonyl (C=O) groups is 4. The van der Waals surface area contributed by atoms with Crippen molar-refractivity contribution in [3.63, 3.8) is 0 Å². The predicted octanol–water partition coefficient (Wildman–Crippen LogP) is 2.31. The van der Waals surface area contributed by atoms with Crippen LogP contribution in [-0.4, -0.2) is 124 Å². The molecule has 0 aromatic rings. The monoisotopic (exact) mass is 714 g/mol. The van der Waals surface area contributed by atoms with Crippen molar-refractivity contribution in [2.45, 2.75) is 114 Å². The maximum absolute atomic E-state index is 12.1. The molecule has 0 bridgehead atoms. The first-order chi connectivity index (χ1) is 23.4. The summed E-state index contributed by atoms with van der Waals surface area (Å²) < 4.78 is 16.6. The van der Waals surface area contributed by atoms with E-state index in [2.05, 4.69) is 54.0 Å². The molecule has 0 aromatic carbocycles. The highest BCUT2D eigenvalue weighted by Gasteiger charge is 2.53. The number of thioether (sulfide) groups is 1. The van der Waals surface area contributed by atoms with Crippen LogP contribution in [0.4, 0.5) is 0 Å². The van der Waals surface area contributed by atoms with Crippen LogP contribution in [0.3, 0.4) is 0 Å². The van der Waals surface area contributed by atoms with Crippen LogP contribution in [0, 0.1) is 5.92 Å². The first-order valence-corrected chi connectivity index (χ1v) is 19.4. The summed E-state index contributed by atoms with van der Waals surface area (Å²) in [5.74, 6) is 1.22. The number of carbonyl (C=O) groups excluding carboxylic acids is 4. The molecule has 3 atom stereocenters. The normalized spacial score (nSPS) is 20.3. The molecule has 0 saturated carbocycles. The molecular formula is C35H66N6O7S. The summed E-state index contributed by atoms with van der Waals surface area (Å²) in [6, 6.07) is 0. The molecule has 2 heterocycles. The molecule has 2 saturated heterocycles. The van der Waals surface area contributed by atoms with Gasteiger partial charge in [0.1, 0.15) is 5.66 Å². The molecule has 14 heteroatoms. The van der Waals surface area contributed by atoms with Crippen molar-refractivity contribution in [2.75, 3.05) is 78.6 Å². The van der Waals surface area contributed by atoms with Gasteiger partial charge >= 0.3 is 0 Å². The predicted molar refractivity (Wildman–Crippen MR) is 194 cm³/mol. The molecular weight excluding hydrogens is 648 g/mol. The number of ether oxygens (including phenoxy) is 3. The molecule has 49 heavy (non-hydrogen) atoms. The minimum absolute atomic E-state index is 0.00391. The summed E-state index contributed by atoms with van der Waals surface area (Å²) in [4.78, 5) is 50.1. The van der Waals surface area contributed by atoms with Crippen LogP contribution < -0.4 is 27.0 Å². The SMILES string of the molecule is CN(CCCCNC(=O)CCCC(=O)NCCCOCCOCCOCCCNC(=O)CCCC[C@@H]1SC[C@@H]2CC(=O)N[C@@]21N)C(C)(C)C. The van der Waals surface area contributed by atoms with Crippen LogP contribution in [0.15, 0.2) is 0 Å². The zero-order chi connectivity index (χ0) is 36.0. The molecule has 6 N–H and O–H groups in total. The fraction of sp³-hybridized carbons (Fsp3) is 0.886. The van der Waals surface area contributed by atoms with Crippen molar-refractivity contribution in [2.24, 2.45) is 11.7 Å². The van der Waals surface area contributed by atoms with Gasteiger partial charge in [-0.05, 0) is 79.3 Å². The van der Waals surface area contributed by atoms with Gasteiger partial charge in [0.25, 0.3) is 0 Å². The Hall–Kier alpha value is -1.97. The summed E-state index contributed by atoms with van der Waals surface area (Å²) >= 11 is 1.84. The van der Waals surface area contributed by atoms with E-state index in [1.807, 2.05) is 11.8 Å². The molecule has 2 aliphatic heterocycles. The zero-order valence-electron chi connectivity index (χ0n) is 30.7. The number of hydrogen-bond donors (Lipinski definition) is 5. The van der Waals surface area contributed by atoms with E-state index in [4.69, 9.17) is 19.9 Å². The van der Waals surface area contributed by atoms with Gasteiger partial charge in [0.2, 0.25) is 23.6 Å². The molecule has 0 aromatic heterocycles. The first kappa shape index (κ1) is 43.2. The number of amides is 4. The van der Waals surface area contributed by atoms with Gasteiger partial charge in [-0.25, -0.2) is 0 Å². The van der Waals surface area contributed by atoms with Crippen molar-refractivity contribution in [1.29, 1.82) is 0 Å². The number of nitrogens with one attached hydrogen (secondary N) is 4. The smallest absolute Gasteiger partial charge is 0.221 e. The lowest BCUT2D eigenvalue weighted by atomic mass is 9.91. The van der Waals surface area contributed by atoms with Crippen molar-refractivity contribution in [1.82, 2.24) is 26.2 Å². The third kappa shape index (κ3) is 18.7. The molecule has 2 rings (SSSR count). The van der Waals surface area contributed by atoms with Gasteiger partial charge in [-0.15, -0.1) is 0 Å². The van der Waals surface area contributed by atoms with Crippen LogP contribution in [0.2, 0.25) is 0 Å². The van der Waals surface area contributed by atoms with E-state index in [1.165, 1.54) is 0 Å². The summed E-state index contributed by atoms with van der Waals surface area (Å²) in [5.41, 5.74) is 6.06. The van der Waals surface area contributed by atoms with Gasteiger partial charge in [0.05, 0.1) is 26.4 Å². The Kier molecular flexibility index (Phi) is 21.4. The van der Waals surface area contributed by atoms with Gasteiger partial charge in [-0.3, -0.25) is 19.2 Å². The Bertz CT molecular complexity index is 985. The molecule has 0 spiro atoms. The number of nitrogens with zero attached hydrogens (tertiary/aromatic N) is 1. The zero-order valence-corrected chi connectivity index (χ0v) is 31.5. The Morgan fingerprint density at radius 1 is 0.796 bits per heavy atom. The third-order valence-corrected chi connectivity index (χ3v) is 10.8. The summed E-state index contributed by atoms with van der Waals surface area (Å²) in [6.07, 6.45) is 8.36. The second-order valence-corrected chi connectivity index (χ2v) is 15.4. The number of fused-ring (bicyclic) bond motifs is 1. The minimum Gasteiger partial charge on any atom is -0.379 e. The van der Waals surface area contributed by atoms with Crippen LogP contribution in [0.25, 0.3) is 0 Å². The second-order valence-electron chi connectivity index (χ2n) is 14.2. The first-order valence-electron chi connectivity index (χ1n) is 18.4. The molecule has 2 aliphatic rings. The third-order valence-electron chi connectivity index (χ3n) is 9.13. The topological polar surface area (TPSA) is 173 Å². The molecule has 0 aliphatic carbocycles. The number of hydrogen-bond acceptors (Lipinski definition) is 10. The molecule has 0 unspecified atom stereocenters. The van der Waals surface area contributed by atoms with Crippen LogP contribution in [-0.2, 0) is 33.4 Å². The number of nitrogens with two attached hydrogens (primary N) is 1. The van der Waals surface area contributed by atoms with Gasteiger partial charge in [-0.1, -0.05) is 6.42 Å². The maximum atomic E-state index is 12.1. The Morgan fingerprint density at radius 3 is 1.86 bits per heavy atom. The van der Waals surface area contributed by atoms with E-state index < -0.39 is 5.66 Å². The van der Waals surface area contributed by atoms with Crippen LogP contribution in [0.1, 0.15) is 97.8 Å². The van der Waals surface area contributed by atoms with Crippen molar-refractivity contribution in [3.05, 3.63) is 0 Å². The lowest BCUT2D eigenvalue weighted by Gasteiger charge is -2.31. The number of unbranched alkanes of at least 4 members (excludes halogenated alkanes) is 2. The van der Waals surface area contributed by atoms with Gasteiger partial charge < -0.3 is 46.1 Å². The van der Waals surface area contributed by atoms with Crippen molar-refractivity contribution in [3.8, 4) is 0 Å². The maximum Gasteiger partial charge on any atom is 0.221 e. The fourth-order valence-electron chi connectivity index (χ4n) is 5.69. The van der Waals surface area contributed by atoms with Crippen LogP contribution >= 0.6 is 11.8 Å². The highest BCUT2D eigenvalue weighted by molar-refractivity contribution is 8.00. The summed E-state index contributed by atoms with van der Waals surface area (Å²) in [6.45, 7) is 12.4. The van der Waals surface area contributed by atoms with Gasteiger partial charge in [0, 0.05) is 81.0 Å². The largest absolute Gasteiger partial charge is 0.379 e. The Labute approximate surface area is 299 Å². The molecule has 2 fully saturated rings. The summed E-state index contributed by atoms with van der Waals surface area (Å²) in [5, 5.41) is 12.0. The highest BCUT2D eigenvalue weighted by atomic mass is 32.2. The molecule has 0 radical (unpaired) electrons. The fourth-order valence-corrected chi connectivity index (χ4v) is 7.41. The van der Waals surface area contributed by atoms with E-state index in [0.717, 1.165) is 50.8 Å². The number of rotatable bonds is 28. The van der Waals surface area contributed by atoms with E-state index >= 15 is 0 Å². The van der Waals surface area contributed by atoms with E-state index in [-0.39, 0.29) is 40.3 Å². The quantitative estimate of drug-likeness (QED) is 0.0758. The van der Waals surface area contributed by atoms with E-state index in [0.29, 0.717) is 97.8 Å². The highest BCUT2D eigenvalue weighted by Crippen LogP contribution is 2.44. The molecule has 284 valence electrons. The molecule has 4 amide bonds. The van der Waals surface area contributed by atoms with E-state index in [1.54, 1.807) is 0 Å². The van der Waals surface area contributed by atoms with E-state index in [9.17, 15) is 19.2 Å². The minimum atomic E-state index is -0.571.